The van der Waals surface area contributed by atoms with E-state index in [2.05, 4.69) is 43.5 Å². The van der Waals surface area contributed by atoms with Crippen molar-refractivity contribution in [3.63, 3.8) is 0 Å². The molecule has 0 aromatic rings. The summed E-state index contributed by atoms with van der Waals surface area (Å²) in [5, 5.41) is 2.81. The van der Waals surface area contributed by atoms with E-state index in [-0.39, 0.29) is 32.0 Å². The van der Waals surface area contributed by atoms with Gasteiger partial charge in [0.05, 0.1) is 13.2 Å². The van der Waals surface area contributed by atoms with Crippen LogP contribution in [0.25, 0.3) is 0 Å². The molecule has 0 saturated heterocycles. The molecule has 0 rings (SSSR count). The van der Waals surface area contributed by atoms with Crippen LogP contribution in [0.1, 0.15) is 155 Å². The number of allylic oxidation sites excluding steroid dienone is 4. The van der Waals surface area contributed by atoms with Crippen LogP contribution < -0.4 is 5.32 Å². The fraction of sp³-hybridized carbons (Fsp3) is 0.833. The third-order valence-corrected chi connectivity index (χ3v) is 8.53. The van der Waals surface area contributed by atoms with Crippen LogP contribution in [-0.2, 0) is 32.7 Å². The summed E-state index contributed by atoms with van der Waals surface area (Å²) in [5.74, 6) is -0.830. The van der Waals surface area contributed by atoms with Crippen molar-refractivity contribution in [2.45, 2.75) is 161 Å². The number of hydrogen-bond donors (Lipinski definition) is 2. The quantitative estimate of drug-likeness (QED) is 0.0298. The number of phosphoric ester groups is 1. The molecule has 0 spiro atoms. The number of phosphoric acid groups is 1. The van der Waals surface area contributed by atoms with E-state index < -0.39 is 26.5 Å². The number of carbonyl (C=O) groups is 2. The zero-order valence-electron chi connectivity index (χ0n) is 29.5. The van der Waals surface area contributed by atoms with Gasteiger partial charge in [0.25, 0.3) is 0 Å². The molecule has 0 saturated carbocycles. The van der Waals surface area contributed by atoms with Crippen LogP contribution >= 0.6 is 7.82 Å². The van der Waals surface area contributed by atoms with E-state index in [9.17, 15) is 19.0 Å². The molecule has 2 unspecified atom stereocenters. The predicted molar refractivity (Wildman–Crippen MR) is 188 cm³/mol. The molecule has 0 radical (unpaired) electrons. The molecule has 0 aliphatic carbocycles. The number of likely N-dealkylation sites (N-methyl/N-ethyl adjacent to an activating group) is 1. The first-order valence-electron chi connectivity index (χ1n) is 18.3. The third kappa shape index (κ3) is 32.4. The molecule has 0 fully saturated rings. The lowest BCUT2D eigenvalue weighted by molar-refractivity contribution is -0.161. The standard InChI is InChI=1S/C36H68NO8P/c1-4-6-8-10-12-14-16-17-19-20-22-24-26-28-35(38)42-32-34(33-44-46(40,41)43-31-30-37-3)45-36(39)29-27-25-23-21-18-15-13-11-9-7-5-2/h11,13-14,16,34,37H,4-10,12,15,17-33H2,1-3H3,(H,40,41)/b13-11-,16-14-. The van der Waals surface area contributed by atoms with Gasteiger partial charge in [0, 0.05) is 19.4 Å². The van der Waals surface area contributed by atoms with Crippen LogP contribution in [0, 0.1) is 0 Å². The maximum absolute atomic E-state index is 12.5. The Bertz CT molecular complexity index is 820. The monoisotopic (exact) mass is 673 g/mol. The fourth-order valence-corrected chi connectivity index (χ4v) is 5.45. The van der Waals surface area contributed by atoms with E-state index >= 15 is 0 Å². The zero-order chi connectivity index (χ0) is 34.0. The molecule has 2 atom stereocenters. The largest absolute Gasteiger partial charge is 0.472 e. The van der Waals surface area contributed by atoms with Crippen LogP contribution in [0.4, 0.5) is 0 Å². The minimum Gasteiger partial charge on any atom is -0.462 e. The van der Waals surface area contributed by atoms with Crippen molar-refractivity contribution in [1.29, 1.82) is 0 Å². The van der Waals surface area contributed by atoms with Crippen molar-refractivity contribution >= 4 is 19.8 Å². The van der Waals surface area contributed by atoms with Crippen LogP contribution in [0.2, 0.25) is 0 Å². The Labute approximate surface area is 281 Å². The van der Waals surface area contributed by atoms with Gasteiger partial charge in [0.1, 0.15) is 6.61 Å². The highest BCUT2D eigenvalue weighted by Crippen LogP contribution is 2.43. The van der Waals surface area contributed by atoms with Gasteiger partial charge in [-0.3, -0.25) is 18.6 Å². The number of unbranched alkanes of at least 4 members (excludes halogenated alkanes) is 16. The van der Waals surface area contributed by atoms with Crippen LogP contribution in [-0.4, -0.2) is 56.3 Å². The molecule has 0 amide bonds. The molecule has 0 bridgehead atoms. The molecule has 0 aromatic carbocycles. The fourth-order valence-electron chi connectivity index (χ4n) is 4.70. The van der Waals surface area contributed by atoms with Crippen molar-refractivity contribution in [3.05, 3.63) is 24.3 Å². The predicted octanol–water partition coefficient (Wildman–Crippen LogP) is 9.53. The van der Waals surface area contributed by atoms with E-state index in [1.54, 1.807) is 7.05 Å². The summed E-state index contributed by atoms with van der Waals surface area (Å²) in [6.07, 6.45) is 30.8. The minimum atomic E-state index is -4.34. The summed E-state index contributed by atoms with van der Waals surface area (Å²) in [6.45, 7) is 4.13. The Morgan fingerprint density at radius 3 is 1.67 bits per heavy atom. The Balaban J connectivity index is 4.34. The Morgan fingerprint density at radius 2 is 1.13 bits per heavy atom. The summed E-state index contributed by atoms with van der Waals surface area (Å²) in [6, 6.07) is 0. The highest BCUT2D eigenvalue weighted by Gasteiger charge is 2.26. The smallest absolute Gasteiger partial charge is 0.462 e. The molecule has 0 aliphatic rings. The van der Waals surface area contributed by atoms with Crippen molar-refractivity contribution in [2.75, 3.05) is 33.4 Å². The molecule has 270 valence electrons. The average Bonchev–Trinajstić information content (AvgIpc) is 3.03. The van der Waals surface area contributed by atoms with Gasteiger partial charge in [0.2, 0.25) is 0 Å². The van der Waals surface area contributed by atoms with Crippen molar-refractivity contribution in [1.82, 2.24) is 5.32 Å². The second-order valence-electron chi connectivity index (χ2n) is 12.0. The summed E-state index contributed by atoms with van der Waals surface area (Å²) >= 11 is 0. The number of ether oxygens (including phenoxy) is 2. The van der Waals surface area contributed by atoms with Crippen molar-refractivity contribution < 1.29 is 37.6 Å². The van der Waals surface area contributed by atoms with Gasteiger partial charge in [0.15, 0.2) is 6.10 Å². The van der Waals surface area contributed by atoms with Gasteiger partial charge < -0.3 is 19.7 Å². The lowest BCUT2D eigenvalue weighted by atomic mass is 10.1. The maximum Gasteiger partial charge on any atom is 0.472 e. The minimum absolute atomic E-state index is 0.0192. The Kier molecular flexibility index (Phi) is 32.3. The lowest BCUT2D eigenvalue weighted by Gasteiger charge is -2.20. The van der Waals surface area contributed by atoms with Gasteiger partial charge in [-0.2, -0.15) is 0 Å². The molecular formula is C36H68NO8P. The van der Waals surface area contributed by atoms with E-state index in [0.29, 0.717) is 13.0 Å². The highest BCUT2D eigenvalue weighted by molar-refractivity contribution is 7.47. The lowest BCUT2D eigenvalue weighted by Crippen LogP contribution is -2.29. The zero-order valence-corrected chi connectivity index (χ0v) is 30.4. The van der Waals surface area contributed by atoms with E-state index in [1.165, 1.54) is 44.9 Å². The highest BCUT2D eigenvalue weighted by atomic mass is 31.2. The SMILES string of the molecule is CCCC/C=C\CCCCCCCC(=O)OC(COC(=O)CCCCCCC/C=C\CCCCCC)COP(=O)(O)OCCNC. The summed E-state index contributed by atoms with van der Waals surface area (Å²) in [4.78, 5) is 34.8. The van der Waals surface area contributed by atoms with Gasteiger partial charge in [-0.25, -0.2) is 4.57 Å². The molecule has 0 aliphatic heterocycles. The molecular weight excluding hydrogens is 605 g/mol. The topological polar surface area (TPSA) is 120 Å². The van der Waals surface area contributed by atoms with E-state index in [4.69, 9.17) is 18.5 Å². The Morgan fingerprint density at radius 1 is 0.652 bits per heavy atom. The molecule has 46 heavy (non-hydrogen) atoms. The first-order chi connectivity index (χ1) is 22.3. The number of rotatable bonds is 34. The normalized spacial score (nSPS) is 13.7. The second kappa shape index (κ2) is 33.4. The van der Waals surface area contributed by atoms with Crippen LogP contribution in [0.3, 0.4) is 0 Å². The number of esters is 2. The molecule has 0 heterocycles. The van der Waals surface area contributed by atoms with E-state index in [1.807, 2.05) is 0 Å². The van der Waals surface area contributed by atoms with Gasteiger partial charge in [-0.15, -0.1) is 0 Å². The van der Waals surface area contributed by atoms with Crippen LogP contribution in [0.5, 0.6) is 0 Å². The number of nitrogens with one attached hydrogen (secondary N) is 1. The number of hydrogen-bond acceptors (Lipinski definition) is 8. The van der Waals surface area contributed by atoms with Crippen molar-refractivity contribution in [2.24, 2.45) is 0 Å². The molecule has 9 nitrogen and oxygen atoms in total. The van der Waals surface area contributed by atoms with Gasteiger partial charge >= 0.3 is 19.8 Å². The van der Waals surface area contributed by atoms with Crippen molar-refractivity contribution in [3.8, 4) is 0 Å². The molecule has 0 aromatic heterocycles. The summed E-state index contributed by atoms with van der Waals surface area (Å²) in [7, 11) is -2.65. The first-order valence-corrected chi connectivity index (χ1v) is 19.8. The maximum atomic E-state index is 12.5. The molecule has 10 heteroatoms. The van der Waals surface area contributed by atoms with Gasteiger partial charge in [-0.1, -0.05) is 109 Å². The van der Waals surface area contributed by atoms with Crippen LogP contribution in [0.15, 0.2) is 24.3 Å². The summed E-state index contributed by atoms with van der Waals surface area (Å²) < 4.78 is 33.0. The molecule has 2 N–H and O–H groups in total. The number of carbonyl (C=O) groups excluding carboxylic acids is 2. The first kappa shape index (κ1) is 44.5. The average molecular weight is 674 g/mol. The Hall–Kier alpha value is -1.51. The second-order valence-corrected chi connectivity index (χ2v) is 13.5. The van der Waals surface area contributed by atoms with Gasteiger partial charge in [-0.05, 0) is 64.8 Å². The summed E-state index contributed by atoms with van der Waals surface area (Å²) in [5.41, 5.74) is 0. The van der Waals surface area contributed by atoms with E-state index in [0.717, 1.165) is 77.0 Å². The third-order valence-electron chi connectivity index (χ3n) is 7.54.